The third-order valence-electron chi connectivity index (χ3n) is 13.8. The summed E-state index contributed by atoms with van der Waals surface area (Å²) in [5.74, 6) is -6.64. The maximum Gasteiger partial charge on any atom is 0.342 e. The molecule has 5 saturated heterocycles. The van der Waals surface area contributed by atoms with E-state index in [-0.39, 0.29) is 44.0 Å². The number of esters is 2. The minimum absolute atomic E-state index is 0.0453. The predicted octanol–water partition coefficient (Wildman–Crippen LogP) is 0.442. The van der Waals surface area contributed by atoms with Gasteiger partial charge in [0.05, 0.1) is 24.5 Å². The fourth-order valence-electron chi connectivity index (χ4n) is 11.9. The summed E-state index contributed by atoms with van der Waals surface area (Å²) in [6.45, 7) is 5.20. The highest BCUT2D eigenvalue weighted by Gasteiger charge is 2.94. The second-order valence-corrected chi connectivity index (χ2v) is 14.4. The van der Waals surface area contributed by atoms with Crippen LogP contribution in [0.3, 0.4) is 0 Å². The number of ether oxygens (including phenoxy) is 4. The monoisotopic (exact) mass is 528 g/mol. The van der Waals surface area contributed by atoms with E-state index in [1.165, 1.54) is 0 Å². The van der Waals surface area contributed by atoms with Gasteiger partial charge in [0, 0.05) is 23.2 Å². The van der Waals surface area contributed by atoms with Crippen LogP contribution in [0.2, 0.25) is 0 Å². The van der Waals surface area contributed by atoms with Crippen molar-refractivity contribution in [3.8, 4) is 0 Å². The standard InChI is InChI=1S/C28H32O10/c1-22-9-17-24(3)28-18(22)19(31)27(38-28,35-10-14(22)20(32)36-17)13-7-16(30)25-8-11(25)6-15(29)23(25,2)12(13)4-5-26(28,34)21(33)37-24/h11-14,16-18,30,34H,4-10H2,1-3H3/t11-,12+,13-,14+,16-,17-,18+,22-,23+,24+,25+,26+,27-,28+/m1/s1. The first-order chi connectivity index (χ1) is 17.8. The Hall–Kier alpha value is -1.88. The maximum absolute atomic E-state index is 14.9. The molecule has 14 atom stereocenters. The molecule has 10 nitrogen and oxygen atoms in total. The topological polar surface area (TPSA) is 146 Å². The van der Waals surface area contributed by atoms with E-state index in [0.29, 0.717) is 6.42 Å². The van der Waals surface area contributed by atoms with Gasteiger partial charge in [0.15, 0.2) is 22.6 Å². The first kappa shape index (κ1) is 22.9. The quantitative estimate of drug-likeness (QED) is 0.425. The summed E-state index contributed by atoms with van der Waals surface area (Å²) < 4.78 is 25.1. The minimum atomic E-state index is -2.20. The van der Waals surface area contributed by atoms with Crippen molar-refractivity contribution in [1.82, 2.24) is 0 Å². The number of Topliss-reactive ketones (excluding diaryl/α,β-unsaturated/α-hetero) is 2. The molecule has 0 aromatic carbocycles. The van der Waals surface area contributed by atoms with Crippen molar-refractivity contribution in [2.75, 3.05) is 6.61 Å². The number of aliphatic hydroxyl groups is 2. The van der Waals surface area contributed by atoms with Gasteiger partial charge in [-0.05, 0) is 56.3 Å². The highest BCUT2D eigenvalue weighted by atomic mass is 16.8. The lowest BCUT2D eigenvalue weighted by atomic mass is 9.46. The van der Waals surface area contributed by atoms with Gasteiger partial charge in [0.25, 0.3) is 0 Å². The third kappa shape index (κ3) is 1.75. The van der Waals surface area contributed by atoms with Gasteiger partial charge in [-0.3, -0.25) is 14.4 Å². The third-order valence-corrected chi connectivity index (χ3v) is 13.8. The molecule has 2 N–H and O–H groups in total. The van der Waals surface area contributed by atoms with E-state index in [4.69, 9.17) is 18.9 Å². The molecule has 4 aliphatic carbocycles. The van der Waals surface area contributed by atoms with Crippen LogP contribution in [0.5, 0.6) is 0 Å². The SMILES string of the molecule is C[C@@]12C[C@H]3OC(=O)[C@@H]1CO[C@]14O[C@@]5([C@H]2C1=O)[C@@]3(C)OC(=O)[C@@]5(O)CC[C@H]1[C@H]4C[C@@H](O)[C@]23C[C@H]2CC(=O)[C@]13C. The molecule has 10 heteroatoms. The molecule has 9 aliphatic rings. The van der Waals surface area contributed by atoms with Gasteiger partial charge in [0.2, 0.25) is 5.79 Å². The molecule has 0 amide bonds. The van der Waals surface area contributed by atoms with Crippen molar-refractivity contribution in [3.05, 3.63) is 0 Å². The number of aliphatic hydroxyl groups excluding tert-OH is 1. The van der Waals surface area contributed by atoms with Gasteiger partial charge in [-0.1, -0.05) is 13.8 Å². The van der Waals surface area contributed by atoms with E-state index in [0.717, 1.165) is 6.42 Å². The van der Waals surface area contributed by atoms with Crippen LogP contribution in [0.1, 0.15) is 59.3 Å². The number of ketones is 2. The van der Waals surface area contributed by atoms with Crippen molar-refractivity contribution in [3.63, 3.8) is 0 Å². The van der Waals surface area contributed by atoms with Gasteiger partial charge in [-0.15, -0.1) is 0 Å². The average Bonchev–Trinajstić information content (AvgIpc) is 3.38. The summed E-state index contributed by atoms with van der Waals surface area (Å²) in [5, 5.41) is 24.0. The maximum atomic E-state index is 14.9. The van der Waals surface area contributed by atoms with Crippen LogP contribution < -0.4 is 0 Å². The van der Waals surface area contributed by atoms with Crippen LogP contribution in [-0.2, 0) is 38.1 Å². The summed E-state index contributed by atoms with van der Waals surface area (Å²) >= 11 is 0. The Morgan fingerprint density at radius 1 is 1.03 bits per heavy atom. The van der Waals surface area contributed by atoms with Crippen molar-refractivity contribution in [2.24, 2.45) is 45.8 Å². The van der Waals surface area contributed by atoms with Crippen LogP contribution in [0.15, 0.2) is 0 Å². The Balaban J connectivity index is 1.34. The molecule has 0 aromatic heterocycles. The Morgan fingerprint density at radius 2 is 1.79 bits per heavy atom. The molecule has 0 aromatic rings. The molecule has 0 unspecified atom stereocenters. The van der Waals surface area contributed by atoms with Crippen LogP contribution >= 0.6 is 0 Å². The van der Waals surface area contributed by atoms with Crippen LogP contribution in [0.4, 0.5) is 0 Å². The fourth-order valence-corrected chi connectivity index (χ4v) is 11.9. The van der Waals surface area contributed by atoms with E-state index in [9.17, 15) is 29.4 Å². The van der Waals surface area contributed by atoms with Crippen LogP contribution in [0.25, 0.3) is 0 Å². The molecule has 5 heterocycles. The number of carbonyl (C=O) groups excluding carboxylic acids is 4. The van der Waals surface area contributed by atoms with E-state index in [1.807, 2.05) is 13.8 Å². The molecular formula is C28H32O10. The van der Waals surface area contributed by atoms with E-state index in [1.54, 1.807) is 6.92 Å². The highest BCUT2D eigenvalue weighted by Crippen LogP contribution is 2.81. The molecule has 5 bridgehead atoms. The number of hydrogen-bond acceptors (Lipinski definition) is 10. The summed E-state index contributed by atoms with van der Waals surface area (Å²) in [7, 11) is 0. The van der Waals surface area contributed by atoms with Crippen molar-refractivity contribution in [1.29, 1.82) is 0 Å². The molecule has 4 saturated carbocycles. The molecule has 3 spiro atoms. The smallest absolute Gasteiger partial charge is 0.342 e. The van der Waals surface area contributed by atoms with Gasteiger partial charge < -0.3 is 29.2 Å². The molecule has 9 rings (SSSR count). The molecule has 38 heavy (non-hydrogen) atoms. The fraction of sp³-hybridized carbons (Fsp3) is 0.857. The minimum Gasteiger partial charge on any atom is -0.458 e. The van der Waals surface area contributed by atoms with E-state index >= 15 is 0 Å². The summed E-state index contributed by atoms with van der Waals surface area (Å²) in [6.07, 6.45) is 0.0854. The molecular weight excluding hydrogens is 496 g/mol. The van der Waals surface area contributed by atoms with Crippen molar-refractivity contribution < 1.29 is 48.3 Å². The molecule has 0 radical (unpaired) electrons. The van der Waals surface area contributed by atoms with Crippen molar-refractivity contribution in [2.45, 2.75) is 94.1 Å². The summed E-state index contributed by atoms with van der Waals surface area (Å²) in [4.78, 5) is 55.6. The first-order valence-electron chi connectivity index (χ1n) is 14.0. The normalized spacial score (nSPS) is 66.2. The number of fused-ring (bicyclic) bond motifs is 4. The molecule has 204 valence electrons. The summed E-state index contributed by atoms with van der Waals surface area (Å²) in [5.41, 5.74) is -8.16. The van der Waals surface area contributed by atoms with Crippen LogP contribution in [0, 0.1) is 45.8 Å². The van der Waals surface area contributed by atoms with Gasteiger partial charge in [0.1, 0.15) is 11.9 Å². The number of rotatable bonds is 0. The van der Waals surface area contributed by atoms with Crippen molar-refractivity contribution >= 4 is 23.5 Å². The molecule has 9 fully saturated rings. The van der Waals surface area contributed by atoms with Gasteiger partial charge >= 0.3 is 11.9 Å². The van der Waals surface area contributed by atoms with Gasteiger partial charge in [-0.25, -0.2) is 4.79 Å². The second-order valence-electron chi connectivity index (χ2n) is 14.4. The Labute approximate surface area is 218 Å². The average molecular weight is 529 g/mol. The lowest BCUT2D eigenvalue weighted by molar-refractivity contribution is -0.379. The number of carbonyl (C=O) groups is 4. The Morgan fingerprint density at radius 3 is 2.55 bits per heavy atom. The van der Waals surface area contributed by atoms with E-state index < -0.39 is 92.4 Å². The zero-order valence-corrected chi connectivity index (χ0v) is 21.7. The highest BCUT2D eigenvalue weighted by molar-refractivity contribution is 5.99. The lowest BCUT2D eigenvalue weighted by Crippen LogP contribution is -2.79. The zero-order chi connectivity index (χ0) is 26.6. The lowest BCUT2D eigenvalue weighted by Gasteiger charge is -2.63. The molecule has 5 aliphatic heterocycles. The Bertz CT molecular complexity index is 1310. The number of hydrogen-bond donors (Lipinski definition) is 2. The zero-order valence-electron chi connectivity index (χ0n) is 21.7. The van der Waals surface area contributed by atoms with Gasteiger partial charge in [-0.2, -0.15) is 0 Å². The summed E-state index contributed by atoms with van der Waals surface area (Å²) in [6, 6.07) is 0. The largest absolute Gasteiger partial charge is 0.458 e. The Kier molecular flexibility index (Phi) is 3.48. The van der Waals surface area contributed by atoms with Crippen LogP contribution in [-0.4, -0.2) is 75.1 Å². The van der Waals surface area contributed by atoms with E-state index in [2.05, 4.69) is 0 Å². The second kappa shape index (κ2) is 5.78. The predicted molar refractivity (Wildman–Crippen MR) is 122 cm³/mol. The first-order valence-corrected chi connectivity index (χ1v) is 14.0.